The third kappa shape index (κ3) is 7.57. The Labute approximate surface area is 182 Å². The number of benzene rings is 1. The molecule has 0 amide bonds. The minimum absolute atomic E-state index is 0. The van der Waals surface area contributed by atoms with E-state index in [1.54, 1.807) is 0 Å². The van der Waals surface area contributed by atoms with Crippen molar-refractivity contribution in [3.63, 3.8) is 0 Å². The minimum Gasteiger partial charge on any atom is -0.278 e. The zero-order valence-corrected chi connectivity index (χ0v) is 18.2. The summed E-state index contributed by atoms with van der Waals surface area (Å²) in [6.07, 6.45) is 9.87. The average molecular weight is 445 g/mol. The second-order valence-electron chi connectivity index (χ2n) is 6.31. The van der Waals surface area contributed by atoms with E-state index in [0.717, 1.165) is 12.0 Å². The Balaban J connectivity index is 0.000000408. The van der Waals surface area contributed by atoms with Gasteiger partial charge in [0.05, 0.1) is 29.1 Å². The predicted molar refractivity (Wildman–Crippen MR) is 101 cm³/mol. The van der Waals surface area contributed by atoms with Gasteiger partial charge in [-0.25, -0.2) is 13.2 Å². The number of hydrogen-bond donors (Lipinski definition) is 0. The smallest absolute Gasteiger partial charge is 0.278 e. The molecule has 1 aromatic rings. The van der Waals surface area contributed by atoms with Gasteiger partial charge in [-0.2, -0.15) is 0 Å². The first-order chi connectivity index (χ1) is 13.0. The maximum absolute atomic E-state index is 12.0. The Morgan fingerprint density at radius 2 is 1.00 bits per heavy atom. The molecule has 0 heterocycles. The van der Waals surface area contributed by atoms with Gasteiger partial charge in [0.25, 0.3) is 0 Å². The standard InChI is InChI=1S/C10H15.C7H7.C6F5.Cr/c1-6-7(2)9(4)10(5)8(6)3;1-7-5-3-2-4-6-7;7-2-1-3(8)5(10)6(11)4(2)9;/h1-5H3;2-6H,1H2;;/q;;-1;+3. The van der Waals surface area contributed by atoms with E-state index in [1.165, 1.54) is 29.6 Å². The average Bonchev–Trinajstić information content (AvgIpc) is 2.84. The van der Waals surface area contributed by atoms with Gasteiger partial charge >= 0.3 is 17.4 Å². The fourth-order valence-electron chi connectivity index (χ4n) is 2.38. The van der Waals surface area contributed by atoms with Gasteiger partial charge in [-0.3, -0.25) is 8.78 Å². The molecule has 3 rings (SSSR count). The van der Waals surface area contributed by atoms with E-state index < -0.39 is 29.1 Å². The molecule has 0 unspecified atom stereocenters. The topological polar surface area (TPSA) is 0 Å². The molecular formula is C23H22CrF5+2. The summed E-state index contributed by atoms with van der Waals surface area (Å²) in [5, 5.41) is 0. The van der Waals surface area contributed by atoms with Crippen LogP contribution in [0.1, 0.15) is 34.6 Å². The monoisotopic (exact) mass is 445 g/mol. The Bertz CT molecular complexity index is 630. The van der Waals surface area contributed by atoms with Gasteiger partial charge in [0, 0.05) is 5.92 Å². The predicted octanol–water partition coefficient (Wildman–Crippen LogP) is 6.88. The molecule has 1 aromatic carbocycles. The molecule has 0 spiro atoms. The third-order valence-corrected chi connectivity index (χ3v) is 4.65. The number of halogens is 5. The number of allylic oxidation sites excluding steroid dienone is 4. The second kappa shape index (κ2) is 12.5. The number of rotatable bonds is 0. The van der Waals surface area contributed by atoms with Crippen molar-refractivity contribution in [2.24, 2.45) is 0 Å². The Kier molecular flexibility index (Phi) is 12.1. The fraction of sp³-hybridized carbons (Fsp3) is 0.217. The van der Waals surface area contributed by atoms with Gasteiger partial charge in [-0.05, 0) is 42.9 Å². The summed E-state index contributed by atoms with van der Waals surface area (Å²) in [4.78, 5) is 0. The Morgan fingerprint density at radius 3 is 1.24 bits per heavy atom. The second-order valence-corrected chi connectivity index (χ2v) is 6.31. The van der Waals surface area contributed by atoms with Crippen LogP contribution in [0.2, 0.25) is 0 Å². The van der Waals surface area contributed by atoms with Crippen LogP contribution in [0.25, 0.3) is 0 Å². The maximum Gasteiger partial charge on any atom is 3.00 e. The normalized spacial score (nSPS) is 18.7. The van der Waals surface area contributed by atoms with Crippen molar-refractivity contribution < 1.29 is 39.3 Å². The SMILES string of the molecule is C[C]1[C](C)[C](C)[C](C)[C]1C.Fc1[c-]c(F)c(F)c(F)c1F.[CH2][C]1[CH]C=CC=C1.[Cr+3]. The van der Waals surface area contributed by atoms with Crippen molar-refractivity contribution in [2.45, 2.75) is 34.6 Å². The van der Waals surface area contributed by atoms with Crippen molar-refractivity contribution in [2.75, 3.05) is 0 Å². The van der Waals surface area contributed by atoms with E-state index in [4.69, 9.17) is 0 Å². The number of hydrogen-bond acceptors (Lipinski definition) is 0. The summed E-state index contributed by atoms with van der Waals surface area (Å²) >= 11 is 0. The van der Waals surface area contributed by atoms with Crippen molar-refractivity contribution in [3.8, 4) is 0 Å². The van der Waals surface area contributed by atoms with Gasteiger partial charge in [0.1, 0.15) is 0 Å². The van der Waals surface area contributed by atoms with Crippen LogP contribution in [0.15, 0.2) is 24.3 Å². The molecule has 0 nitrogen and oxygen atoms in total. The van der Waals surface area contributed by atoms with E-state index in [9.17, 15) is 22.0 Å². The summed E-state index contributed by atoms with van der Waals surface area (Å²) < 4.78 is 59.9. The molecule has 153 valence electrons. The van der Waals surface area contributed by atoms with Crippen LogP contribution in [0.3, 0.4) is 0 Å². The molecule has 29 heavy (non-hydrogen) atoms. The molecule has 2 aliphatic rings. The van der Waals surface area contributed by atoms with Gasteiger partial charge in [-0.1, -0.05) is 58.9 Å². The molecule has 6 heteroatoms. The summed E-state index contributed by atoms with van der Waals surface area (Å²) in [6, 6.07) is 1.02. The van der Waals surface area contributed by atoms with Crippen molar-refractivity contribution in [3.05, 3.63) is 108 Å². The van der Waals surface area contributed by atoms with Crippen LogP contribution in [0.5, 0.6) is 0 Å². The van der Waals surface area contributed by atoms with Crippen molar-refractivity contribution in [1.82, 2.24) is 0 Å². The molecular weight excluding hydrogens is 423 g/mol. The first-order valence-electron chi connectivity index (χ1n) is 8.46. The molecule has 0 atom stereocenters. The largest absolute Gasteiger partial charge is 3.00 e. The van der Waals surface area contributed by atoms with E-state index in [1.807, 2.05) is 30.7 Å². The van der Waals surface area contributed by atoms with Gasteiger partial charge in [0.15, 0.2) is 0 Å². The Morgan fingerprint density at radius 1 is 0.621 bits per heavy atom. The summed E-state index contributed by atoms with van der Waals surface area (Å²) in [5.74, 6) is -1.64. The van der Waals surface area contributed by atoms with Crippen LogP contribution in [0.4, 0.5) is 22.0 Å². The van der Waals surface area contributed by atoms with Crippen LogP contribution in [0, 0.1) is 84.0 Å². The Hall–Kier alpha value is -1.12. The zero-order chi connectivity index (χ0) is 21.6. The molecule has 0 saturated heterocycles. The molecule has 0 aliphatic heterocycles. The first kappa shape index (κ1) is 27.9. The van der Waals surface area contributed by atoms with Gasteiger partial charge in [0.2, 0.25) is 0 Å². The van der Waals surface area contributed by atoms with E-state index in [2.05, 4.69) is 41.5 Å². The summed E-state index contributed by atoms with van der Waals surface area (Å²) in [6.45, 7) is 14.7. The quantitative estimate of drug-likeness (QED) is 0.177. The van der Waals surface area contributed by atoms with Gasteiger partial charge in [-0.15, -0.1) is 6.07 Å². The molecule has 0 aromatic heterocycles. The summed E-state index contributed by atoms with van der Waals surface area (Å²) in [5.41, 5.74) is 0. The summed E-state index contributed by atoms with van der Waals surface area (Å²) in [7, 11) is 0. The van der Waals surface area contributed by atoms with Crippen LogP contribution >= 0.6 is 0 Å². The van der Waals surface area contributed by atoms with E-state index >= 15 is 0 Å². The van der Waals surface area contributed by atoms with E-state index in [-0.39, 0.29) is 17.4 Å². The zero-order valence-electron chi connectivity index (χ0n) is 16.9. The van der Waals surface area contributed by atoms with Gasteiger partial charge < -0.3 is 0 Å². The first-order valence-corrected chi connectivity index (χ1v) is 8.46. The molecule has 9 radical (unpaired) electrons. The van der Waals surface area contributed by atoms with Crippen molar-refractivity contribution >= 4 is 0 Å². The van der Waals surface area contributed by atoms with E-state index in [0.29, 0.717) is 0 Å². The van der Waals surface area contributed by atoms with Crippen LogP contribution in [-0.4, -0.2) is 0 Å². The minimum atomic E-state index is -2.17. The van der Waals surface area contributed by atoms with Crippen LogP contribution < -0.4 is 0 Å². The molecule has 1 fully saturated rings. The molecule has 0 N–H and O–H groups in total. The van der Waals surface area contributed by atoms with Crippen LogP contribution in [-0.2, 0) is 17.4 Å². The van der Waals surface area contributed by atoms with Crippen molar-refractivity contribution in [1.29, 1.82) is 0 Å². The maximum atomic E-state index is 12.0. The molecule has 2 aliphatic carbocycles. The third-order valence-electron chi connectivity index (χ3n) is 4.65. The fourth-order valence-corrected chi connectivity index (χ4v) is 2.38. The molecule has 0 bridgehead atoms. The molecule has 1 saturated carbocycles.